The molecule has 0 unspecified atom stereocenters. The molecule has 1 amide bonds. The fourth-order valence-corrected chi connectivity index (χ4v) is 2.65. The van der Waals surface area contributed by atoms with E-state index in [1.165, 1.54) is 18.6 Å². The highest BCUT2D eigenvalue weighted by molar-refractivity contribution is 5.94. The van der Waals surface area contributed by atoms with E-state index in [1.54, 1.807) is 6.07 Å². The molecule has 1 aliphatic heterocycles. The third-order valence-corrected chi connectivity index (χ3v) is 3.88. The van der Waals surface area contributed by atoms with Gasteiger partial charge >= 0.3 is 0 Å². The van der Waals surface area contributed by atoms with Crippen molar-refractivity contribution in [3.8, 4) is 0 Å². The molecule has 3 nitrogen and oxygen atoms in total. The Morgan fingerprint density at radius 3 is 2.67 bits per heavy atom. The van der Waals surface area contributed by atoms with Crippen molar-refractivity contribution in [3.63, 3.8) is 0 Å². The Morgan fingerprint density at radius 2 is 2.00 bits per heavy atom. The number of nitrogens with zero attached hydrogens (tertiary/aromatic N) is 1. The van der Waals surface area contributed by atoms with Crippen molar-refractivity contribution in [2.75, 3.05) is 23.3 Å². The number of nitrogens with one attached hydrogen (secondary N) is 1. The summed E-state index contributed by atoms with van der Waals surface area (Å²) in [6, 6.07) is 4.67. The highest BCUT2D eigenvalue weighted by atomic mass is 19.1. The van der Waals surface area contributed by atoms with Crippen LogP contribution in [-0.2, 0) is 4.79 Å². The molecule has 1 fully saturated rings. The summed E-state index contributed by atoms with van der Waals surface area (Å²) < 4.78 is 13.5. The number of hydrogen-bond acceptors (Lipinski definition) is 2. The van der Waals surface area contributed by atoms with Crippen molar-refractivity contribution in [1.82, 2.24) is 0 Å². The second kappa shape index (κ2) is 7.43. The topological polar surface area (TPSA) is 32.3 Å². The molecule has 0 aliphatic carbocycles. The average Bonchev–Trinajstić information content (AvgIpc) is 2.46. The minimum atomic E-state index is -0.310. The summed E-state index contributed by atoms with van der Waals surface area (Å²) >= 11 is 0. The van der Waals surface area contributed by atoms with Crippen molar-refractivity contribution in [2.24, 2.45) is 5.92 Å². The molecule has 116 valence electrons. The lowest BCUT2D eigenvalue weighted by Gasteiger charge is -2.30. The summed E-state index contributed by atoms with van der Waals surface area (Å²) in [5.41, 5.74) is 1.54. The molecule has 0 spiro atoms. The molecule has 1 aromatic carbocycles. The van der Waals surface area contributed by atoms with Crippen molar-refractivity contribution in [2.45, 2.75) is 46.0 Å². The van der Waals surface area contributed by atoms with E-state index in [0.29, 0.717) is 18.0 Å². The molecule has 1 N–H and O–H groups in total. The smallest absolute Gasteiger partial charge is 0.224 e. The highest BCUT2D eigenvalue weighted by Crippen LogP contribution is 2.29. The van der Waals surface area contributed by atoms with Crippen molar-refractivity contribution >= 4 is 17.3 Å². The molecular formula is C17H25FN2O. The Balaban J connectivity index is 2.09. The molecule has 0 bridgehead atoms. The molecule has 4 heteroatoms. The SMILES string of the molecule is CC(C)CCC(=O)Nc1cc(F)ccc1N1CCCCC1. The summed E-state index contributed by atoms with van der Waals surface area (Å²) in [5, 5.41) is 2.88. The number of benzene rings is 1. The number of carbonyl (C=O) groups is 1. The minimum Gasteiger partial charge on any atom is -0.370 e. The Kier molecular flexibility index (Phi) is 5.59. The van der Waals surface area contributed by atoms with E-state index < -0.39 is 0 Å². The molecular weight excluding hydrogens is 267 g/mol. The number of piperidine rings is 1. The van der Waals surface area contributed by atoms with E-state index in [9.17, 15) is 9.18 Å². The lowest BCUT2D eigenvalue weighted by molar-refractivity contribution is -0.116. The molecule has 0 radical (unpaired) electrons. The van der Waals surface area contributed by atoms with Crippen LogP contribution in [0.5, 0.6) is 0 Å². The molecule has 0 atom stereocenters. The first-order chi connectivity index (χ1) is 10.1. The van der Waals surface area contributed by atoms with E-state index in [4.69, 9.17) is 0 Å². The summed E-state index contributed by atoms with van der Waals surface area (Å²) in [7, 11) is 0. The molecule has 1 aromatic rings. The molecule has 0 saturated carbocycles. The fraction of sp³-hybridized carbons (Fsp3) is 0.588. The zero-order valence-electron chi connectivity index (χ0n) is 13.0. The third kappa shape index (κ3) is 4.73. The molecule has 1 heterocycles. The minimum absolute atomic E-state index is 0.0347. The zero-order valence-corrected chi connectivity index (χ0v) is 13.0. The van der Waals surface area contributed by atoms with E-state index in [0.717, 1.165) is 38.0 Å². The van der Waals surface area contributed by atoms with Gasteiger partial charge in [-0.2, -0.15) is 0 Å². The van der Waals surface area contributed by atoms with Gasteiger partial charge in [-0.3, -0.25) is 4.79 Å². The molecule has 2 rings (SSSR count). The number of carbonyl (C=O) groups excluding carboxylic acids is 1. The average molecular weight is 292 g/mol. The predicted octanol–water partition coefficient (Wildman–Crippen LogP) is 4.19. The summed E-state index contributed by atoms with van der Waals surface area (Å²) in [6.45, 7) is 6.13. The molecule has 1 aliphatic rings. The number of anilines is 2. The van der Waals surface area contributed by atoms with Gasteiger partial charge in [-0.25, -0.2) is 4.39 Å². The van der Waals surface area contributed by atoms with Gasteiger partial charge in [-0.15, -0.1) is 0 Å². The maximum atomic E-state index is 13.5. The maximum Gasteiger partial charge on any atom is 0.224 e. The van der Waals surface area contributed by atoms with Crippen LogP contribution in [0.2, 0.25) is 0 Å². The fourth-order valence-electron chi connectivity index (χ4n) is 2.65. The van der Waals surface area contributed by atoms with Crippen LogP contribution in [0.25, 0.3) is 0 Å². The second-order valence-electron chi connectivity index (χ2n) is 6.19. The molecule has 21 heavy (non-hydrogen) atoms. The van der Waals surface area contributed by atoms with Crippen LogP contribution in [0.15, 0.2) is 18.2 Å². The van der Waals surface area contributed by atoms with Gasteiger partial charge < -0.3 is 10.2 Å². The first kappa shape index (κ1) is 15.8. The normalized spacial score (nSPS) is 15.3. The van der Waals surface area contributed by atoms with Crippen molar-refractivity contribution in [1.29, 1.82) is 0 Å². The number of amides is 1. The van der Waals surface area contributed by atoms with Gasteiger partial charge in [0.2, 0.25) is 5.91 Å². The summed E-state index contributed by atoms with van der Waals surface area (Å²) in [4.78, 5) is 14.2. The standard InChI is InChI=1S/C17H25FN2O/c1-13(2)6-9-17(21)19-15-12-14(18)7-8-16(15)20-10-4-3-5-11-20/h7-8,12-13H,3-6,9-11H2,1-2H3,(H,19,21). The first-order valence-electron chi connectivity index (χ1n) is 7.90. The van der Waals surface area contributed by atoms with Crippen molar-refractivity contribution < 1.29 is 9.18 Å². The van der Waals surface area contributed by atoms with Crippen LogP contribution < -0.4 is 10.2 Å². The van der Waals surface area contributed by atoms with Gasteiger partial charge in [0.15, 0.2) is 0 Å². The van der Waals surface area contributed by atoms with Gasteiger partial charge in [0.25, 0.3) is 0 Å². The third-order valence-electron chi connectivity index (χ3n) is 3.88. The lowest BCUT2D eigenvalue weighted by Crippen LogP contribution is -2.30. The van der Waals surface area contributed by atoms with Crippen LogP contribution in [0.3, 0.4) is 0 Å². The highest BCUT2D eigenvalue weighted by Gasteiger charge is 2.16. The Morgan fingerprint density at radius 1 is 1.29 bits per heavy atom. The predicted molar refractivity (Wildman–Crippen MR) is 85.2 cm³/mol. The van der Waals surface area contributed by atoms with Gasteiger partial charge in [0.05, 0.1) is 11.4 Å². The quantitative estimate of drug-likeness (QED) is 0.882. The molecule has 0 aromatic heterocycles. The first-order valence-corrected chi connectivity index (χ1v) is 7.90. The Labute approximate surface area is 126 Å². The van der Waals surface area contributed by atoms with E-state index >= 15 is 0 Å². The van der Waals surface area contributed by atoms with Crippen molar-refractivity contribution in [3.05, 3.63) is 24.0 Å². The van der Waals surface area contributed by atoms with Gasteiger partial charge in [-0.05, 0) is 49.8 Å². The largest absolute Gasteiger partial charge is 0.370 e. The van der Waals surface area contributed by atoms with Crippen LogP contribution in [0, 0.1) is 11.7 Å². The monoisotopic (exact) mass is 292 g/mol. The van der Waals surface area contributed by atoms with Gasteiger partial charge in [-0.1, -0.05) is 13.8 Å². The van der Waals surface area contributed by atoms with Crippen LogP contribution in [0.4, 0.5) is 15.8 Å². The van der Waals surface area contributed by atoms with E-state index in [-0.39, 0.29) is 11.7 Å². The summed E-state index contributed by atoms with van der Waals surface area (Å²) in [6.07, 6.45) is 4.87. The van der Waals surface area contributed by atoms with Crippen LogP contribution in [0.1, 0.15) is 46.0 Å². The number of hydrogen-bond donors (Lipinski definition) is 1. The van der Waals surface area contributed by atoms with E-state index in [1.807, 2.05) is 0 Å². The second-order valence-corrected chi connectivity index (χ2v) is 6.19. The van der Waals surface area contributed by atoms with Crippen LogP contribution >= 0.6 is 0 Å². The summed E-state index contributed by atoms with van der Waals surface area (Å²) in [5.74, 6) is 0.146. The number of rotatable bonds is 5. The van der Waals surface area contributed by atoms with E-state index in [2.05, 4.69) is 24.1 Å². The van der Waals surface area contributed by atoms with Gasteiger partial charge in [0, 0.05) is 19.5 Å². The lowest BCUT2D eigenvalue weighted by atomic mass is 10.1. The zero-order chi connectivity index (χ0) is 15.2. The maximum absolute atomic E-state index is 13.5. The van der Waals surface area contributed by atoms with Crippen LogP contribution in [-0.4, -0.2) is 19.0 Å². The Hall–Kier alpha value is -1.58. The van der Waals surface area contributed by atoms with Gasteiger partial charge in [0.1, 0.15) is 5.82 Å². The Bertz CT molecular complexity index is 482. The number of halogens is 1. The molecule has 1 saturated heterocycles.